The van der Waals surface area contributed by atoms with Gasteiger partial charge in [-0.15, -0.1) is 0 Å². The van der Waals surface area contributed by atoms with E-state index in [1.165, 1.54) is 24.5 Å². The van der Waals surface area contributed by atoms with Crippen molar-refractivity contribution in [3.8, 4) is 11.4 Å². The molecule has 1 amide bonds. The molecule has 4 rings (SSSR count). The average molecular weight is 383 g/mol. The van der Waals surface area contributed by atoms with Crippen molar-refractivity contribution < 1.29 is 9.18 Å². The van der Waals surface area contributed by atoms with Crippen molar-refractivity contribution in [3.63, 3.8) is 0 Å². The van der Waals surface area contributed by atoms with Gasteiger partial charge in [-0.1, -0.05) is 72.8 Å². The first kappa shape index (κ1) is 18.5. The maximum atomic E-state index is 13.4. The van der Waals surface area contributed by atoms with Gasteiger partial charge in [-0.3, -0.25) is 4.79 Å². The van der Waals surface area contributed by atoms with Gasteiger partial charge in [-0.05, 0) is 23.3 Å². The third-order valence-electron chi connectivity index (χ3n) is 4.56. The van der Waals surface area contributed by atoms with Gasteiger partial charge in [0.25, 0.3) is 5.91 Å². The molecular formula is C24H18FN3O. The Balaban J connectivity index is 1.59. The number of hydrogen-bond donors (Lipinski definition) is 1. The molecule has 0 radical (unpaired) electrons. The second-order valence-electron chi connectivity index (χ2n) is 6.53. The van der Waals surface area contributed by atoms with E-state index in [1.807, 2.05) is 60.7 Å². The molecule has 5 heteroatoms. The minimum Gasteiger partial charge on any atom is -0.341 e. The predicted molar refractivity (Wildman–Crippen MR) is 110 cm³/mol. The lowest BCUT2D eigenvalue weighted by Crippen LogP contribution is -2.29. The fraction of sp³-hybridized carbons (Fsp3) is 0.0417. The van der Waals surface area contributed by atoms with E-state index < -0.39 is 6.04 Å². The van der Waals surface area contributed by atoms with Gasteiger partial charge in [0.1, 0.15) is 5.82 Å². The summed E-state index contributed by atoms with van der Waals surface area (Å²) in [7, 11) is 0. The summed E-state index contributed by atoms with van der Waals surface area (Å²) in [6.45, 7) is 0. The van der Waals surface area contributed by atoms with E-state index in [2.05, 4.69) is 15.3 Å². The molecule has 0 aliphatic heterocycles. The molecule has 3 aromatic carbocycles. The zero-order valence-corrected chi connectivity index (χ0v) is 15.5. The molecule has 1 N–H and O–H groups in total. The summed E-state index contributed by atoms with van der Waals surface area (Å²) in [5, 5.41) is 3.00. The van der Waals surface area contributed by atoms with Crippen molar-refractivity contribution in [1.29, 1.82) is 0 Å². The molecule has 142 valence electrons. The standard InChI is InChI=1S/C24H18FN3O/c25-21-13-11-18(12-14-21)22(17-7-3-1-4-8-17)28-24(29)20-15-26-23(27-16-20)19-9-5-2-6-10-19/h1-16,22H,(H,28,29). The summed E-state index contributed by atoms with van der Waals surface area (Å²) >= 11 is 0. The van der Waals surface area contributed by atoms with E-state index in [0.717, 1.165) is 16.7 Å². The smallest absolute Gasteiger partial charge is 0.255 e. The van der Waals surface area contributed by atoms with Crippen LogP contribution in [-0.4, -0.2) is 15.9 Å². The summed E-state index contributed by atoms with van der Waals surface area (Å²) in [5.41, 5.74) is 2.92. The van der Waals surface area contributed by atoms with Gasteiger partial charge in [-0.2, -0.15) is 0 Å². The molecule has 1 heterocycles. The molecule has 0 fully saturated rings. The summed E-state index contributed by atoms with van der Waals surface area (Å²) in [5.74, 6) is -0.0696. The number of rotatable bonds is 5. The van der Waals surface area contributed by atoms with Crippen LogP contribution in [0, 0.1) is 5.82 Å². The van der Waals surface area contributed by atoms with Crippen molar-refractivity contribution in [2.45, 2.75) is 6.04 Å². The zero-order chi connectivity index (χ0) is 20.1. The lowest BCUT2D eigenvalue weighted by molar-refractivity contribution is 0.0942. The molecular weight excluding hydrogens is 365 g/mol. The van der Waals surface area contributed by atoms with E-state index in [9.17, 15) is 9.18 Å². The number of amides is 1. The molecule has 0 aliphatic rings. The van der Waals surface area contributed by atoms with Gasteiger partial charge < -0.3 is 5.32 Å². The Morgan fingerprint density at radius 2 is 1.31 bits per heavy atom. The van der Waals surface area contributed by atoms with Crippen molar-refractivity contribution in [2.75, 3.05) is 0 Å². The maximum absolute atomic E-state index is 13.4. The minimum atomic E-state index is -0.418. The van der Waals surface area contributed by atoms with Gasteiger partial charge in [0.05, 0.1) is 11.6 Å². The Labute approximate surface area is 168 Å². The molecule has 0 saturated heterocycles. The highest BCUT2D eigenvalue weighted by atomic mass is 19.1. The first-order valence-corrected chi connectivity index (χ1v) is 9.19. The summed E-state index contributed by atoms with van der Waals surface area (Å²) < 4.78 is 13.4. The number of carbonyl (C=O) groups is 1. The van der Waals surface area contributed by atoms with Gasteiger partial charge in [-0.25, -0.2) is 14.4 Å². The first-order valence-electron chi connectivity index (χ1n) is 9.19. The van der Waals surface area contributed by atoms with E-state index in [-0.39, 0.29) is 11.7 Å². The summed E-state index contributed by atoms with van der Waals surface area (Å²) in [4.78, 5) is 21.5. The fourth-order valence-corrected chi connectivity index (χ4v) is 3.06. The summed E-state index contributed by atoms with van der Waals surface area (Å²) in [6.07, 6.45) is 3.02. The minimum absolute atomic E-state index is 0.303. The molecule has 4 nitrogen and oxygen atoms in total. The zero-order valence-electron chi connectivity index (χ0n) is 15.5. The number of benzene rings is 3. The largest absolute Gasteiger partial charge is 0.341 e. The van der Waals surface area contributed by atoms with Crippen LogP contribution in [0.1, 0.15) is 27.5 Å². The average Bonchev–Trinajstić information content (AvgIpc) is 2.79. The molecule has 1 atom stereocenters. The van der Waals surface area contributed by atoms with Crippen LogP contribution in [0.3, 0.4) is 0 Å². The number of carbonyl (C=O) groups excluding carboxylic acids is 1. The van der Waals surface area contributed by atoms with E-state index in [1.54, 1.807) is 12.1 Å². The molecule has 0 spiro atoms. The summed E-state index contributed by atoms with van der Waals surface area (Å²) in [6, 6.07) is 24.8. The van der Waals surface area contributed by atoms with E-state index in [0.29, 0.717) is 11.4 Å². The molecule has 4 aromatic rings. The maximum Gasteiger partial charge on any atom is 0.255 e. The SMILES string of the molecule is O=C(NC(c1ccccc1)c1ccc(F)cc1)c1cnc(-c2ccccc2)nc1. The molecule has 1 aromatic heterocycles. The van der Waals surface area contributed by atoms with Crippen LogP contribution in [0.5, 0.6) is 0 Å². The molecule has 29 heavy (non-hydrogen) atoms. The third kappa shape index (κ3) is 4.35. The van der Waals surface area contributed by atoms with Gasteiger partial charge in [0.15, 0.2) is 5.82 Å². The topological polar surface area (TPSA) is 54.9 Å². The number of aromatic nitrogens is 2. The second kappa shape index (κ2) is 8.44. The van der Waals surface area contributed by atoms with Crippen LogP contribution < -0.4 is 5.32 Å². The highest BCUT2D eigenvalue weighted by Gasteiger charge is 2.18. The Hall–Kier alpha value is -3.86. The van der Waals surface area contributed by atoms with Crippen molar-refractivity contribution in [3.05, 3.63) is 120 Å². The van der Waals surface area contributed by atoms with Crippen LogP contribution in [0.25, 0.3) is 11.4 Å². The van der Waals surface area contributed by atoms with Crippen LogP contribution >= 0.6 is 0 Å². The predicted octanol–water partition coefficient (Wildman–Crippen LogP) is 4.80. The van der Waals surface area contributed by atoms with Crippen LogP contribution in [0.15, 0.2) is 97.3 Å². The lowest BCUT2D eigenvalue weighted by Gasteiger charge is -2.20. The number of halogens is 1. The number of hydrogen-bond acceptors (Lipinski definition) is 3. The van der Waals surface area contributed by atoms with Gasteiger partial charge in [0, 0.05) is 18.0 Å². The Bertz CT molecular complexity index is 1080. The molecule has 1 unspecified atom stereocenters. The fourth-order valence-electron chi connectivity index (χ4n) is 3.06. The van der Waals surface area contributed by atoms with Crippen LogP contribution in [0.4, 0.5) is 4.39 Å². The monoisotopic (exact) mass is 383 g/mol. The second-order valence-corrected chi connectivity index (χ2v) is 6.53. The normalized spacial score (nSPS) is 11.6. The van der Waals surface area contributed by atoms with Gasteiger partial charge in [0.2, 0.25) is 0 Å². The number of nitrogens with one attached hydrogen (secondary N) is 1. The van der Waals surface area contributed by atoms with Crippen LogP contribution in [-0.2, 0) is 0 Å². The van der Waals surface area contributed by atoms with E-state index >= 15 is 0 Å². The quantitative estimate of drug-likeness (QED) is 0.538. The van der Waals surface area contributed by atoms with Crippen LogP contribution in [0.2, 0.25) is 0 Å². The first-order chi connectivity index (χ1) is 14.2. The molecule has 0 aliphatic carbocycles. The Kier molecular flexibility index (Phi) is 5.38. The van der Waals surface area contributed by atoms with Crippen molar-refractivity contribution in [1.82, 2.24) is 15.3 Å². The third-order valence-corrected chi connectivity index (χ3v) is 4.56. The number of nitrogens with zero attached hydrogens (tertiary/aromatic N) is 2. The highest BCUT2D eigenvalue weighted by Crippen LogP contribution is 2.23. The van der Waals surface area contributed by atoms with Gasteiger partial charge >= 0.3 is 0 Å². The Morgan fingerprint density at radius 3 is 1.93 bits per heavy atom. The molecule has 0 saturated carbocycles. The highest BCUT2D eigenvalue weighted by molar-refractivity contribution is 5.94. The lowest BCUT2D eigenvalue weighted by atomic mass is 9.98. The van der Waals surface area contributed by atoms with Crippen molar-refractivity contribution >= 4 is 5.91 Å². The van der Waals surface area contributed by atoms with Crippen molar-refractivity contribution in [2.24, 2.45) is 0 Å². The Morgan fingerprint density at radius 1 is 0.759 bits per heavy atom. The van der Waals surface area contributed by atoms with E-state index in [4.69, 9.17) is 0 Å². The molecule has 0 bridgehead atoms.